The van der Waals surface area contributed by atoms with E-state index in [1.807, 2.05) is 0 Å². The Kier molecular flexibility index (Phi) is 8.23. The van der Waals surface area contributed by atoms with Gasteiger partial charge in [0, 0.05) is 24.7 Å². The van der Waals surface area contributed by atoms with E-state index in [1.54, 1.807) is 43.3 Å². The van der Waals surface area contributed by atoms with Crippen LogP contribution in [0.4, 0.5) is 5.69 Å². The van der Waals surface area contributed by atoms with Crippen LogP contribution in [-0.2, 0) is 10.0 Å². The molecule has 2 amide bonds. The molecule has 2 aromatic rings. The van der Waals surface area contributed by atoms with E-state index in [1.165, 1.54) is 16.8 Å². The average molecular weight is 498 g/mol. The number of para-hydroxylation sites is 1. The molecule has 2 N–H and O–H groups in total. The quantitative estimate of drug-likeness (QED) is 0.595. The molecule has 0 unspecified atom stereocenters. The van der Waals surface area contributed by atoms with Crippen molar-refractivity contribution in [3.05, 3.63) is 59.2 Å². The number of nitrogens with one attached hydrogen (secondary N) is 2. The molecule has 8 heteroatoms. The Bertz CT molecular complexity index is 1160. The van der Waals surface area contributed by atoms with E-state index >= 15 is 0 Å². The fraction of sp³-hybridized carbons (Fsp3) is 0.481. The monoisotopic (exact) mass is 497 g/mol. The maximum absolute atomic E-state index is 13.3. The number of nitrogens with zero attached hydrogens (tertiary/aromatic N) is 1. The first kappa shape index (κ1) is 25.4. The van der Waals surface area contributed by atoms with Gasteiger partial charge in [-0.05, 0) is 62.4 Å². The van der Waals surface area contributed by atoms with Crippen molar-refractivity contribution in [1.29, 1.82) is 0 Å². The van der Waals surface area contributed by atoms with Gasteiger partial charge < -0.3 is 10.6 Å². The maximum Gasteiger partial charge on any atom is 0.255 e. The van der Waals surface area contributed by atoms with Crippen LogP contribution in [0.2, 0.25) is 0 Å². The number of hydrogen-bond acceptors (Lipinski definition) is 4. The molecule has 2 fully saturated rings. The van der Waals surface area contributed by atoms with Gasteiger partial charge in [-0.3, -0.25) is 9.59 Å². The molecule has 1 heterocycles. The highest BCUT2D eigenvalue weighted by atomic mass is 32.2. The van der Waals surface area contributed by atoms with E-state index in [4.69, 9.17) is 0 Å². The van der Waals surface area contributed by atoms with Gasteiger partial charge in [-0.25, -0.2) is 8.42 Å². The number of sulfonamides is 1. The van der Waals surface area contributed by atoms with Crippen LogP contribution in [-0.4, -0.2) is 43.7 Å². The van der Waals surface area contributed by atoms with Gasteiger partial charge in [0.1, 0.15) is 0 Å². The summed E-state index contributed by atoms with van der Waals surface area (Å²) in [6, 6.07) is 11.8. The summed E-state index contributed by atoms with van der Waals surface area (Å²) in [5.41, 5.74) is 1.76. The van der Waals surface area contributed by atoms with Crippen LogP contribution in [0.15, 0.2) is 47.4 Å². The van der Waals surface area contributed by atoms with Crippen molar-refractivity contribution in [3.63, 3.8) is 0 Å². The number of anilines is 1. The molecule has 1 saturated carbocycles. The lowest BCUT2D eigenvalue weighted by Crippen LogP contribution is -2.36. The highest BCUT2D eigenvalue weighted by Gasteiger charge is 2.27. The van der Waals surface area contributed by atoms with E-state index in [2.05, 4.69) is 10.6 Å². The summed E-state index contributed by atoms with van der Waals surface area (Å²) in [6.07, 6.45) is 9.11. The molecule has 188 valence electrons. The Hall–Kier alpha value is -2.71. The van der Waals surface area contributed by atoms with Crippen molar-refractivity contribution >= 4 is 27.5 Å². The van der Waals surface area contributed by atoms with Gasteiger partial charge in [0.2, 0.25) is 10.0 Å². The van der Waals surface area contributed by atoms with Gasteiger partial charge >= 0.3 is 0 Å². The smallest absolute Gasteiger partial charge is 0.255 e. The Balaban J connectivity index is 1.54. The number of benzene rings is 2. The third kappa shape index (κ3) is 6.11. The highest BCUT2D eigenvalue weighted by Crippen LogP contribution is 2.25. The predicted molar refractivity (Wildman–Crippen MR) is 137 cm³/mol. The standard InChI is InChI=1S/C27H35N3O4S/c1-20-15-16-22(35(33,34)30-17-9-2-3-10-18-30)19-24(20)27(32)29-25-14-8-7-13-23(25)26(31)28-21-11-5-4-6-12-21/h7-8,13-16,19,21H,2-6,9-12,17-18H2,1H3,(H,28,31)(H,29,32). The second kappa shape index (κ2) is 11.4. The summed E-state index contributed by atoms with van der Waals surface area (Å²) in [4.78, 5) is 26.3. The molecule has 0 aromatic heterocycles. The van der Waals surface area contributed by atoms with Crippen molar-refractivity contribution in [1.82, 2.24) is 9.62 Å². The first-order chi connectivity index (χ1) is 16.9. The zero-order valence-corrected chi connectivity index (χ0v) is 21.2. The topological polar surface area (TPSA) is 95.6 Å². The van der Waals surface area contributed by atoms with Gasteiger partial charge in [0.25, 0.3) is 11.8 Å². The molecular weight excluding hydrogens is 462 g/mol. The predicted octanol–water partition coefficient (Wildman–Crippen LogP) is 4.87. The average Bonchev–Trinajstić information content (AvgIpc) is 3.15. The van der Waals surface area contributed by atoms with Gasteiger partial charge in [-0.2, -0.15) is 4.31 Å². The molecule has 0 atom stereocenters. The van der Waals surface area contributed by atoms with Gasteiger partial charge in [0.05, 0.1) is 16.1 Å². The molecular formula is C27H35N3O4S. The molecule has 1 aliphatic heterocycles. The maximum atomic E-state index is 13.3. The van der Waals surface area contributed by atoms with E-state index in [9.17, 15) is 18.0 Å². The summed E-state index contributed by atoms with van der Waals surface area (Å²) < 4.78 is 28.0. The van der Waals surface area contributed by atoms with E-state index < -0.39 is 15.9 Å². The number of carbonyl (C=O) groups is 2. The fourth-order valence-corrected chi connectivity index (χ4v) is 6.47. The van der Waals surface area contributed by atoms with Crippen LogP contribution >= 0.6 is 0 Å². The number of hydrogen-bond donors (Lipinski definition) is 2. The van der Waals surface area contributed by atoms with Crippen LogP contribution in [0, 0.1) is 6.92 Å². The van der Waals surface area contributed by atoms with Crippen molar-refractivity contribution in [3.8, 4) is 0 Å². The number of carbonyl (C=O) groups excluding carboxylic acids is 2. The van der Waals surface area contributed by atoms with Crippen molar-refractivity contribution in [2.24, 2.45) is 0 Å². The van der Waals surface area contributed by atoms with E-state index in [-0.39, 0.29) is 22.4 Å². The minimum Gasteiger partial charge on any atom is -0.349 e. The third-order valence-electron chi connectivity index (χ3n) is 7.02. The van der Waals surface area contributed by atoms with Crippen LogP contribution < -0.4 is 10.6 Å². The lowest BCUT2D eigenvalue weighted by Gasteiger charge is -2.23. The SMILES string of the molecule is Cc1ccc(S(=O)(=O)N2CCCCCC2)cc1C(=O)Nc1ccccc1C(=O)NC1CCCCC1. The minimum absolute atomic E-state index is 0.124. The third-order valence-corrected chi connectivity index (χ3v) is 8.91. The number of amides is 2. The van der Waals surface area contributed by atoms with Crippen molar-refractivity contribution in [2.75, 3.05) is 18.4 Å². The molecule has 0 bridgehead atoms. The largest absolute Gasteiger partial charge is 0.349 e. The Morgan fingerprint density at radius 3 is 2.20 bits per heavy atom. The van der Waals surface area contributed by atoms with Crippen LogP contribution in [0.3, 0.4) is 0 Å². The lowest BCUT2D eigenvalue weighted by atomic mass is 9.95. The lowest BCUT2D eigenvalue weighted by molar-refractivity contribution is 0.0928. The molecule has 2 aliphatic rings. The molecule has 35 heavy (non-hydrogen) atoms. The minimum atomic E-state index is -3.68. The van der Waals surface area contributed by atoms with Crippen molar-refractivity contribution in [2.45, 2.75) is 75.6 Å². The Morgan fingerprint density at radius 1 is 0.829 bits per heavy atom. The van der Waals surface area contributed by atoms with Gasteiger partial charge in [0.15, 0.2) is 0 Å². The second-order valence-corrected chi connectivity index (χ2v) is 11.5. The molecule has 1 saturated heterocycles. The Morgan fingerprint density at radius 2 is 1.49 bits per heavy atom. The zero-order valence-electron chi connectivity index (χ0n) is 20.4. The molecule has 2 aromatic carbocycles. The zero-order chi connectivity index (χ0) is 24.8. The molecule has 0 radical (unpaired) electrons. The molecule has 4 rings (SSSR count). The summed E-state index contributed by atoms with van der Waals surface area (Å²) in [5, 5.41) is 5.94. The second-order valence-electron chi connectivity index (χ2n) is 9.60. The van der Waals surface area contributed by atoms with Crippen LogP contribution in [0.1, 0.15) is 84.1 Å². The van der Waals surface area contributed by atoms with Gasteiger partial charge in [-0.15, -0.1) is 0 Å². The molecule has 0 spiro atoms. The molecule has 1 aliphatic carbocycles. The normalized spacial score (nSPS) is 18.0. The number of aryl methyl sites for hydroxylation is 1. The first-order valence-electron chi connectivity index (χ1n) is 12.7. The summed E-state index contributed by atoms with van der Waals surface area (Å²) >= 11 is 0. The fourth-order valence-electron chi connectivity index (χ4n) is 4.93. The highest BCUT2D eigenvalue weighted by molar-refractivity contribution is 7.89. The summed E-state index contributed by atoms with van der Waals surface area (Å²) in [6.45, 7) is 2.78. The van der Waals surface area contributed by atoms with Gasteiger partial charge in [-0.1, -0.05) is 50.3 Å². The van der Waals surface area contributed by atoms with E-state index in [0.29, 0.717) is 29.9 Å². The summed E-state index contributed by atoms with van der Waals surface area (Å²) in [5.74, 6) is -0.643. The van der Waals surface area contributed by atoms with Crippen LogP contribution in [0.5, 0.6) is 0 Å². The molecule has 7 nitrogen and oxygen atoms in total. The van der Waals surface area contributed by atoms with Crippen LogP contribution in [0.25, 0.3) is 0 Å². The first-order valence-corrected chi connectivity index (χ1v) is 14.1. The Labute approximate surface area is 208 Å². The van der Waals surface area contributed by atoms with Crippen molar-refractivity contribution < 1.29 is 18.0 Å². The summed E-state index contributed by atoms with van der Waals surface area (Å²) in [7, 11) is -3.68. The van der Waals surface area contributed by atoms with E-state index in [0.717, 1.165) is 51.4 Å². The number of rotatable bonds is 6.